The van der Waals surface area contributed by atoms with Gasteiger partial charge in [0, 0.05) is 37.7 Å². The highest BCUT2D eigenvalue weighted by molar-refractivity contribution is 6.00. The highest BCUT2D eigenvalue weighted by Crippen LogP contribution is 2.28. The number of unbranched alkanes of at least 4 members (excludes halogenated alkanes) is 2. The fraction of sp³-hybridized carbons (Fsp3) is 0.456. The topological polar surface area (TPSA) is 282 Å². The monoisotopic (exact) mass is 1040 g/mol. The second-order valence-electron chi connectivity index (χ2n) is 20.7. The van der Waals surface area contributed by atoms with Crippen molar-refractivity contribution < 1.29 is 53.6 Å². The maximum Gasteiger partial charge on any atom is 0.251 e. The molecule has 0 radical (unpaired) electrons. The molecule has 406 valence electrons. The minimum atomic E-state index is -1.65. The number of phenols is 1. The number of aliphatic hydroxyl groups excluding tert-OH is 2. The number of aliphatic hydroxyl groups is 2. The molecular formula is C57H72N8O11. The van der Waals surface area contributed by atoms with Crippen molar-refractivity contribution in [3.63, 3.8) is 0 Å². The molecule has 0 saturated carbocycles. The number of nitrogens with one attached hydrogen (secondary N) is 5. The van der Waals surface area contributed by atoms with Gasteiger partial charge in [0.2, 0.25) is 35.4 Å². The summed E-state index contributed by atoms with van der Waals surface area (Å²) in [5.41, 5.74) is 9.44. The minimum absolute atomic E-state index is 0.000915. The van der Waals surface area contributed by atoms with Crippen molar-refractivity contribution in [1.29, 1.82) is 0 Å². The Morgan fingerprint density at radius 2 is 1.38 bits per heavy atom. The molecule has 19 nitrogen and oxygen atoms in total. The number of phenolic OH excluding ortho intramolecular Hbond substituents is 1. The van der Waals surface area contributed by atoms with Gasteiger partial charge in [0.1, 0.15) is 47.2 Å². The fourth-order valence-corrected chi connectivity index (χ4v) is 9.89. The Bertz CT molecular complexity index is 2680. The van der Waals surface area contributed by atoms with Crippen molar-refractivity contribution in [3.8, 4) is 33.8 Å². The first-order chi connectivity index (χ1) is 36.3. The molecule has 3 aliphatic rings. The number of carbonyl (C=O) groups excluding carboxylic acids is 7. The van der Waals surface area contributed by atoms with Crippen LogP contribution in [0, 0.1) is 0 Å². The van der Waals surface area contributed by atoms with E-state index in [9.17, 15) is 48.9 Å². The summed E-state index contributed by atoms with van der Waals surface area (Å²) in [5.74, 6) is -4.20. The van der Waals surface area contributed by atoms with Gasteiger partial charge in [-0.15, -0.1) is 0 Å². The van der Waals surface area contributed by atoms with Gasteiger partial charge in [-0.25, -0.2) is 0 Å². The Morgan fingerprint density at radius 1 is 0.776 bits per heavy atom. The molecule has 0 spiro atoms. The van der Waals surface area contributed by atoms with E-state index in [1.807, 2.05) is 48.5 Å². The van der Waals surface area contributed by atoms with Crippen molar-refractivity contribution >= 4 is 41.4 Å². The molecule has 76 heavy (non-hydrogen) atoms. The summed E-state index contributed by atoms with van der Waals surface area (Å²) < 4.78 is 5.86. The molecule has 7 rings (SSSR count). The molecule has 10 N–H and O–H groups in total. The van der Waals surface area contributed by atoms with E-state index in [4.69, 9.17) is 10.5 Å². The Morgan fingerprint density at radius 3 is 2.00 bits per heavy atom. The average molecular weight is 1050 g/mol. The highest BCUT2D eigenvalue weighted by Gasteiger charge is 2.46. The molecule has 4 aromatic carbocycles. The summed E-state index contributed by atoms with van der Waals surface area (Å²) >= 11 is 0. The molecule has 3 saturated heterocycles. The molecule has 0 aromatic heterocycles. The summed E-state index contributed by atoms with van der Waals surface area (Å²) in [6, 6.07) is 21.8. The lowest BCUT2D eigenvalue weighted by Gasteiger charge is -2.34. The van der Waals surface area contributed by atoms with Crippen LogP contribution in [0.15, 0.2) is 97.1 Å². The number of aryl methyl sites for hydroxylation is 1. The average Bonchev–Trinajstić information content (AvgIpc) is 4.01. The first-order valence-electron chi connectivity index (χ1n) is 26.3. The van der Waals surface area contributed by atoms with Gasteiger partial charge in [0.15, 0.2) is 0 Å². The van der Waals surface area contributed by atoms with Crippen molar-refractivity contribution in [3.05, 3.63) is 108 Å². The maximum absolute atomic E-state index is 14.4. The number of hydrogen-bond donors (Lipinski definition) is 9. The molecule has 8 atom stereocenters. The molecule has 3 fully saturated rings. The Balaban J connectivity index is 1.10. The standard InChI is InChI=1S/C57H72N8O11/c1-5-6-7-29-76-44-25-21-39(22-26-44)37-15-13-36(14-16-37)38-17-19-40(20-18-38)50(69)60-45-9-8-28-59-53(72)47-30-41(58)32-65(47)56(75)57(3,4)63-52(71)46(27-12-35-10-23-42(67)24-11-35)61-54(73)48-31-43(68)33-64(48)55(74)49(34(2)66)62-51(45)70/h10-11,13-26,34,41,43,45-49,66-68H,5-9,12,27-33,58H2,1-4H3,(H,59,72)(H,60,69)(H,61,73)(H,62,70)(H,63,71)/t34-,41+,43-,45+,46?,47+,48+,49+/m1/s1. The predicted molar refractivity (Wildman–Crippen MR) is 284 cm³/mol. The molecule has 1 unspecified atom stereocenters. The van der Waals surface area contributed by atoms with Gasteiger partial charge in [-0.2, -0.15) is 0 Å². The van der Waals surface area contributed by atoms with Gasteiger partial charge in [-0.05, 0) is 124 Å². The van der Waals surface area contributed by atoms with Crippen LogP contribution in [0.5, 0.6) is 11.5 Å². The number of hydrogen-bond acceptors (Lipinski definition) is 12. The van der Waals surface area contributed by atoms with Crippen molar-refractivity contribution in [2.24, 2.45) is 5.73 Å². The van der Waals surface area contributed by atoms with Crippen molar-refractivity contribution in [1.82, 2.24) is 36.4 Å². The van der Waals surface area contributed by atoms with Crippen LogP contribution in [0.2, 0.25) is 0 Å². The van der Waals surface area contributed by atoms with E-state index in [1.54, 1.807) is 36.4 Å². The minimum Gasteiger partial charge on any atom is -0.508 e. The third-order valence-electron chi connectivity index (χ3n) is 14.2. The predicted octanol–water partition coefficient (Wildman–Crippen LogP) is 3.07. The van der Waals surface area contributed by atoms with E-state index in [0.29, 0.717) is 12.2 Å². The van der Waals surface area contributed by atoms with E-state index in [1.165, 1.54) is 37.8 Å². The molecule has 7 amide bonds. The number of aromatic hydroxyl groups is 1. The van der Waals surface area contributed by atoms with Crippen molar-refractivity contribution in [2.75, 3.05) is 26.2 Å². The Labute approximate surface area is 443 Å². The number of benzene rings is 4. The zero-order valence-electron chi connectivity index (χ0n) is 43.6. The van der Waals surface area contributed by atoms with E-state index >= 15 is 0 Å². The molecule has 0 bridgehead atoms. The fourth-order valence-electron chi connectivity index (χ4n) is 9.89. The van der Waals surface area contributed by atoms with Crippen LogP contribution in [0.4, 0.5) is 0 Å². The van der Waals surface area contributed by atoms with Gasteiger partial charge in [0.05, 0.1) is 18.8 Å². The highest BCUT2D eigenvalue weighted by atomic mass is 16.5. The number of amides is 7. The Hall–Kier alpha value is -7.35. The van der Waals surface area contributed by atoms with Gasteiger partial charge in [-0.3, -0.25) is 33.6 Å². The Kier molecular flexibility index (Phi) is 18.9. The van der Waals surface area contributed by atoms with Crippen LogP contribution < -0.4 is 37.1 Å². The van der Waals surface area contributed by atoms with E-state index < -0.39 is 95.3 Å². The van der Waals surface area contributed by atoms with Crippen LogP contribution >= 0.6 is 0 Å². The second kappa shape index (κ2) is 25.5. The molecular weight excluding hydrogens is 973 g/mol. The lowest BCUT2D eigenvalue weighted by Crippen LogP contribution is -2.63. The lowest BCUT2D eigenvalue weighted by molar-refractivity contribution is -0.146. The SMILES string of the molecule is CCCCCOc1ccc(-c2ccc(-c3ccc(C(=O)N[C@H]4CCCNC(=O)[C@@H]5C[C@H](N)CN5C(=O)C(C)(C)NC(=O)C(CCc5ccc(O)cc5)NC(=O)[C@@H]5C[C@@H](O)CN5C(=O)[C@H]([C@@H](C)O)NC4=O)cc3)cc2)cc1. The first kappa shape index (κ1) is 56.4. The first-order valence-corrected chi connectivity index (χ1v) is 26.3. The number of nitrogens with zero attached hydrogens (tertiary/aromatic N) is 2. The quantitative estimate of drug-likeness (QED) is 0.0875. The summed E-state index contributed by atoms with van der Waals surface area (Å²) in [5, 5.41) is 45.4. The maximum atomic E-state index is 14.4. The van der Waals surface area contributed by atoms with Crippen LogP contribution in [0.3, 0.4) is 0 Å². The number of nitrogens with two attached hydrogens (primary N) is 1. The van der Waals surface area contributed by atoms with E-state index in [0.717, 1.165) is 52.2 Å². The smallest absolute Gasteiger partial charge is 0.251 e. The normalized spacial score (nSPS) is 24.2. The zero-order valence-corrected chi connectivity index (χ0v) is 43.6. The number of rotatable bonds is 13. The van der Waals surface area contributed by atoms with Gasteiger partial charge < -0.3 is 62.2 Å². The largest absolute Gasteiger partial charge is 0.508 e. The zero-order chi connectivity index (χ0) is 54.7. The van der Waals surface area contributed by atoms with Crippen molar-refractivity contribution in [2.45, 2.75) is 139 Å². The summed E-state index contributed by atoms with van der Waals surface area (Å²) in [6.45, 7) is 6.73. The van der Waals surface area contributed by atoms with Gasteiger partial charge in [-0.1, -0.05) is 80.4 Å². The number of ether oxygens (including phenoxy) is 1. The van der Waals surface area contributed by atoms with E-state index in [2.05, 4.69) is 33.5 Å². The third kappa shape index (κ3) is 14.3. The third-order valence-corrected chi connectivity index (χ3v) is 14.2. The van der Waals surface area contributed by atoms with E-state index in [-0.39, 0.29) is 69.5 Å². The number of fused-ring (bicyclic) bond motifs is 2. The summed E-state index contributed by atoms with van der Waals surface area (Å²) in [4.78, 5) is 102. The van der Waals surface area contributed by atoms with Gasteiger partial charge in [0.25, 0.3) is 5.91 Å². The summed E-state index contributed by atoms with van der Waals surface area (Å²) in [7, 11) is 0. The molecule has 0 aliphatic carbocycles. The molecule has 3 heterocycles. The van der Waals surface area contributed by atoms with Gasteiger partial charge >= 0.3 is 0 Å². The molecule has 3 aliphatic heterocycles. The lowest BCUT2D eigenvalue weighted by atomic mass is 9.99. The molecule has 4 aromatic rings. The van der Waals surface area contributed by atoms with Crippen LogP contribution in [-0.2, 0) is 35.2 Å². The summed E-state index contributed by atoms with van der Waals surface area (Å²) in [6.07, 6.45) is 0.742. The van der Waals surface area contributed by atoms with Crippen LogP contribution in [0.1, 0.15) is 95.0 Å². The number of carbonyl (C=O) groups is 7. The second-order valence-corrected chi connectivity index (χ2v) is 20.7. The van der Waals surface area contributed by atoms with Crippen LogP contribution in [0.25, 0.3) is 22.3 Å². The van der Waals surface area contributed by atoms with Crippen LogP contribution in [-0.4, -0.2) is 147 Å². The molecule has 19 heteroatoms.